The highest BCUT2D eigenvalue weighted by Crippen LogP contribution is 2.31. The zero-order valence-corrected chi connectivity index (χ0v) is 12.5. The third-order valence-electron chi connectivity index (χ3n) is 4.56. The number of aryl methyl sites for hydroxylation is 1. The van der Waals surface area contributed by atoms with Gasteiger partial charge in [0.25, 0.3) is 0 Å². The summed E-state index contributed by atoms with van der Waals surface area (Å²) in [5.74, 6) is 0.984. The maximum Gasteiger partial charge on any atom is 0.123 e. The molecule has 0 unspecified atom stereocenters. The largest absolute Gasteiger partial charge is 0.391 e. The average molecular weight is 293 g/mol. The van der Waals surface area contributed by atoms with Gasteiger partial charge in [-0.1, -0.05) is 36.4 Å². The monoisotopic (exact) mass is 293 g/mol. The predicted molar refractivity (Wildman–Crippen MR) is 86.4 cm³/mol. The number of benzene rings is 2. The SMILES string of the molecule is Cn1c(CN[C@@H]2c3ccccc3C[C@@H]2O)nc2ccccc21. The van der Waals surface area contributed by atoms with Crippen molar-refractivity contribution >= 4 is 11.0 Å². The highest BCUT2D eigenvalue weighted by molar-refractivity contribution is 5.75. The van der Waals surface area contributed by atoms with E-state index in [1.807, 2.05) is 37.4 Å². The molecule has 1 aliphatic rings. The van der Waals surface area contributed by atoms with E-state index in [2.05, 4.69) is 33.1 Å². The molecule has 1 aromatic heterocycles. The predicted octanol–water partition coefficient (Wildman–Crippen LogP) is 2.32. The average Bonchev–Trinajstić information content (AvgIpc) is 3.03. The van der Waals surface area contributed by atoms with Crippen LogP contribution in [0.2, 0.25) is 0 Å². The Labute approximate surface area is 129 Å². The van der Waals surface area contributed by atoms with E-state index < -0.39 is 0 Å². The molecule has 2 atom stereocenters. The quantitative estimate of drug-likeness (QED) is 0.779. The third kappa shape index (κ3) is 2.12. The lowest BCUT2D eigenvalue weighted by molar-refractivity contribution is 0.140. The fourth-order valence-corrected chi connectivity index (χ4v) is 3.37. The molecule has 1 aliphatic carbocycles. The van der Waals surface area contributed by atoms with Crippen molar-refractivity contribution < 1.29 is 5.11 Å². The molecule has 0 amide bonds. The van der Waals surface area contributed by atoms with Crippen LogP contribution < -0.4 is 5.32 Å². The van der Waals surface area contributed by atoms with E-state index in [0.717, 1.165) is 23.3 Å². The number of hydrogen-bond donors (Lipinski definition) is 2. The molecule has 0 saturated heterocycles. The number of imidazole rings is 1. The van der Waals surface area contributed by atoms with Crippen LogP contribution in [0.25, 0.3) is 11.0 Å². The van der Waals surface area contributed by atoms with Crippen LogP contribution in [0.15, 0.2) is 48.5 Å². The molecule has 112 valence electrons. The number of nitrogens with zero attached hydrogens (tertiary/aromatic N) is 2. The van der Waals surface area contributed by atoms with Gasteiger partial charge in [0.05, 0.1) is 29.7 Å². The summed E-state index contributed by atoms with van der Waals surface area (Å²) in [7, 11) is 2.03. The number of fused-ring (bicyclic) bond motifs is 2. The summed E-state index contributed by atoms with van der Waals surface area (Å²) < 4.78 is 2.11. The molecule has 4 nitrogen and oxygen atoms in total. The fourth-order valence-electron chi connectivity index (χ4n) is 3.37. The lowest BCUT2D eigenvalue weighted by Gasteiger charge is -2.17. The highest BCUT2D eigenvalue weighted by atomic mass is 16.3. The van der Waals surface area contributed by atoms with Crippen molar-refractivity contribution in [3.05, 3.63) is 65.5 Å². The zero-order chi connectivity index (χ0) is 15.1. The minimum Gasteiger partial charge on any atom is -0.391 e. The second-order valence-electron chi connectivity index (χ2n) is 5.90. The van der Waals surface area contributed by atoms with Crippen LogP contribution in [0.5, 0.6) is 0 Å². The first-order valence-electron chi connectivity index (χ1n) is 7.63. The van der Waals surface area contributed by atoms with Gasteiger partial charge >= 0.3 is 0 Å². The Kier molecular flexibility index (Phi) is 3.21. The van der Waals surface area contributed by atoms with Gasteiger partial charge in [-0.25, -0.2) is 4.98 Å². The van der Waals surface area contributed by atoms with E-state index in [1.54, 1.807) is 0 Å². The standard InChI is InChI=1S/C18H19N3O/c1-21-15-9-5-4-8-14(15)20-17(21)11-19-18-13-7-3-2-6-12(13)10-16(18)22/h2-9,16,18-19,22H,10-11H2,1H3/t16-,18+/m0/s1. The van der Waals surface area contributed by atoms with Crippen LogP contribution in [-0.4, -0.2) is 20.8 Å². The molecule has 0 bridgehead atoms. The van der Waals surface area contributed by atoms with Crippen LogP contribution >= 0.6 is 0 Å². The van der Waals surface area contributed by atoms with Gasteiger partial charge in [0.1, 0.15) is 5.82 Å². The summed E-state index contributed by atoms with van der Waals surface area (Å²) in [5.41, 5.74) is 4.58. The Hall–Kier alpha value is -2.17. The highest BCUT2D eigenvalue weighted by Gasteiger charge is 2.30. The summed E-state index contributed by atoms with van der Waals surface area (Å²) in [6.45, 7) is 0.640. The van der Waals surface area contributed by atoms with Crippen molar-refractivity contribution in [3.63, 3.8) is 0 Å². The topological polar surface area (TPSA) is 50.1 Å². The second kappa shape index (κ2) is 5.23. The molecule has 3 aromatic rings. The van der Waals surface area contributed by atoms with Gasteiger partial charge in [-0.2, -0.15) is 0 Å². The molecule has 4 heteroatoms. The van der Waals surface area contributed by atoms with Crippen molar-refractivity contribution in [2.75, 3.05) is 0 Å². The molecule has 0 radical (unpaired) electrons. The van der Waals surface area contributed by atoms with Crippen LogP contribution in [-0.2, 0) is 20.0 Å². The van der Waals surface area contributed by atoms with Crippen LogP contribution in [0.4, 0.5) is 0 Å². The molecule has 1 heterocycles. The summed E-state index contributed by atoms with van der Waals surface area (Å²) >= 11 is 0. The van der Waals surface area contributed by atoms with Crippen LogP contribution in [0, 0.1) is 0 Å². The van der Waals surface area contributed by atoms with E-state index in [4.69, 9.17) is 0 Å². The molecule has 0 fully saturated rings. The molecule has 22 heavy (non-hydrogen) atoms. The van der Waals surface area contributed by atoms with Gasteiger partial charge in [-0.05, 0) is 23.3 Å². The van der Waals surface area contributed by atoms with E-state index >= 15 is 0 Å². The molecular formula is C18H19N3O. The molecule has 0 saturated carbocycles. The van der Waals surface area contributed by atoms with Gasteiger partial charge in [-0.3, -0.25) is 0 Å². The maximum absolute atomic E-state index is 10.3. The van der Waals surface area contributed by atoms with Crippen molar-refractivity contribution in [1.82, 2.24) is 14.9 Å². The molecule has 0 spiro atoms. The summed E-state index contributed by atoms with van der Waals surface area (Å²) in [6.07, 6.45) is 0.350. The molecule has 4 rings (SSSR count). The third-order valence-corrected chi connectivity index (χ3v) is 4.56. The van der Waals surface area contributed by atoms with E-state index in [-0.39, 0.29) is 12.1 Å². The molecule has 0 aliphatic heterocycles. The van der Waals surface area contributed by atoms with Gasteiger partial charge in [0.15, 0.2) is 0 Å². The minimum absolute atomic E-state index is 0.0176. The van der Waals surface area contributed by atoms with Gasteiger partial charge in [-0.15, -0.1) is 0 Å². The van der Waals surface area contributed by atoms with Crippen molar-refractivity contribution in [1.29, 1.82) is 0 Å². The number of aromatic nitrogens is 2. The Bertz CT molecular complexity index is 824. The van der Waals surface area contributed by atoms with Gasteiger partial charge in [0.2, 0.25) is 0 Å². The normalized spacial score (nSPS) is 20.5. The van der Waals surface area contributed by atoms with Crippen LogP contribution in [0.3, 0.4) is 0 Å². The first-order chi connectivity index (χ1) is 10.7. The smallest absolute Gasteiger partial charge is 0.123 e. The van der Waals surface area contributed by atoms with E-state index in [1.165, 1.54) is 11.1 Å². The first-order valence-corrected chi connectivity index (χ1v) is 7.63. The van der Waals surface area contributed by atoms with Crippen molar-refractivity contribution in [2.45, 2.75) is 25.1 Å². The minimum atomic E-state index is -0.368. The second-order valence-corrected chi connectivity index (χ2v) is 5.90. The number of hydrogen-bond acceptors (Lipinski definition) is 3. The molecular weight excluding hydrogens is 274 g/mol. The summed E-state index contributed by atoms with van der Waals surface area (Å²) in [5, 5.41) is 13.8. The van der Waals surface area contributed by atoms with Crippen LogP contribution in [0.1, 0.15) is 23.0 Å². The number of rotatable bonds is 3. The number of para-hydroxylation sites is 2. The van der Waals surface area contributed by atoms with Crippen molar-refractivity contribution in [3.8, 4) is 0 Å². The number of aliphatic hydroxyl groups excluding tert-OH is 1. The van der Waals surface area contributed by atoms with Crippen molar-refractivity contribution in [2.24, 2.45) is 7.05 Å². The lowest BCUT2D eigenvalue weighted by atomic mass is 10.1. The van der Waals surface area contributed by atoms with Gasteiger partial charge < -0.3 is 15.0 Å². The number of aliphatic hydroxyl groups is 1. The first kappa shape index (κ1) is 13.5. The summed E-state index contributed by atoms with van der Waals surface area (Å²) in [6, 6.07) is 16.4. The zero-order valence-electron chi connectivity index (χ0n) is 12.5. The van der Waals surface area contributed by atoms with Gasteiger partial charge in [0, 0.05) is 13.5 Å². The molecule has 2 aromatic carbocycles. The lowest BCUT2D eigenvalue weighted by Crippen LogP contribution is -2.29. The van der Waals surface area contributed by atoms with E-state index in [0.29, 0.717) is 6.54 Å². The summed E-state index contributed by atoms with van der Waals surface area (Å²) in [4.78, 5) is 4.67. The Morgan fingerprint density at radius 2 is 1.95 bits per heavy atom. The van der Waals surface area contributed by atoms with E-state index in [9.17, 15) is 5.11 Å². The molecule has 2 N–H and O–H groups in total. The Balaban J connectivity index is 1.58. The Morgan fingerprint density at radius 1 is 1.18 bits per heavy atom. The maximum atomic E-state index is 10.3. The Morgan fingerprint density at radius 3 is 2.82 bits per heavy atom. The number of nitrogens with one attached hydrogen (secondary N) is 1. The fraction of sp³-hybridized carbons (Fsp3) is 0.278.